The van der Waals surface area contributed by atoms with Gasteiger partial charge in [0, 0.05) is 24.2 Å². The number of carbonyl (C=O) groups is 1. The Bertz CT molecular complexity index is 1070. The molecule has 2 heterocycles. The van der Waals surface area contributed by atoms with E-state index in [9.17, 15) is 13.2 Å². The smallest absolute Gasteiger partial charge is 0.256 e. The molecule has 1 aromatic carbocycles. The van der Waals surface area contributed by atoms with Crippen LogP contribution in [0.3, 0.4) is 0 Å². The minimum atomic E-state index is -3.75. The number of amides is 1. The van der Waals surface area contributed by atoms with E-state index in [-0.39, 0.29) is 17.1 Å². The summed E-state index contributed by atoms with van der Waals surface area (Å²) in [5.41, 5.74) is 0.878. The van der Waals surface area contributed by atoms with Crippen LogP contribution in [0, 0.1) is 6.92 Å². The van der Waals surface area contributed by atoms with Crippen molar-refractivity contribution < 1.29 is 17.9 Å². The third kappa shape index (κ3) is 6.05. The SMILES string of the molecule is Cc1ccc(S(=O)(=O)NC(C)(C)C)cc1C(=O)Nc1ccc(N2CC(C)OC(C)C2)nc1. The summed E-state index contributed by atoms with van der Waals surface area (Å²) in [4.78, 5) is 19.6. The number of aryl methyl sites for hydroxylation is 1. The lowest BCUT2D eigenvalue weighted by atomic mass is 10.1. The predicted molar refractivity (Wildman–Crippen MR) is 126 cm³/mol. The van der Waals surface area contributed by atoms with Gasteiger partial charge >= 0.3 is 0 Å². The summed E-state index contributed by atoms with van der Waals surface area (Å²) >= 11 is 0. The number of nitrogens with zero attached hydrogens (tertiary/aromatic N) is 2. The number of carbonyl (C=O) groups excluding carboxylic acids is 1. The molecular formula is C23H32N4O4S. The second-order valence-corrected chi connectivity index (χ2v) is 11.0. The van der Waals surface area contributed by atoms with Gasteiger partial charge in [0.1, 0.15) is 5.82 Å². The molecule has 1 aliphatic heterocycles. The first kappa shape index (κ1) is 24.2. The van der Waals surface area contributed by atoms with Crippen molar-refractivity contribution in [3.63, 3.8) is 0 Å². The first-order valence-corrected chi connectivity index (χ1v) is 12.1. The van der Waals surface area contributed by atoms with Gasteiger partial charge in [0.2, 0.25) is 10.0 Å². The number of rotatable bonds is 5. The Balaban J connectivity index is 1.76. The van der Waals surface area contributed by atoms with E-state index in [2.05, 4.69) is 19.9 Å². The zero-order chi connectivity index (χ0) is 23.7. The molecule has 1 amide bonds. The maximum absolute atomic E-state index is 12.9. The fourth-order valence-electron chi connectivity index (χ4n) is 3.69. The number of hydrogen-bond acceptors (Lipinski definition) is 6. The molecule has 2 aromatic rings. The molecule has 1 aromatic heterocycles. The van der Waals surface area contributed by atoms with Gasteiger partial charge in [-0.25, -0.2) is 18.1 Å². The summed E-state index contributed by atoms with van der Waals surface area (Å²) in [6.07, 6.45) is 1.85. The number of aromatic nitrogens is 1. The van der Waals surface area contributed by atoms with Crippen LogP contribution in [-0.4, -0.2) is 50.1 Å². The lowest BCUT2D eigenvalue weighted by Crippen LogP contribution is -2.45. The molecule has 8 nitrogen and oxygen atoms in total. The van der Waals surface area contributed by atoms with Gasteiger partial charge in [-0.15, -0.1) is 0 Å². The molecular weight excluding hydrogens is 428 g/mol. The highest BCUT2D eigenvalue weighted by Gasteiger charge is 2.25. The van der Waals surface area contributed by atoms with Crippen molar-refractivity contribution in [3.05, 3.63) is 47.7 Å². The number of nitrogens with one attached hydrogen (secondary N) is 2. The second kappa shape index (κ2) is 9.17. The van der Waals surface area contributed by atoms with Gasteiger partial charge in [-0.3, -0.25) is 4.79 Å². The van der Waals surface area contributed by atoms with Crippen molar-refractivity contribution in [2.24, 2.45) is 0 Å². The van der Waals surface area contributed by atoms with Crippen molar-refractivity contribution in [2.45, 2.75) is 64.2 Å². The molecule has 9 heteroatoms. The van der Waals surface area contributed by atoms with Gasteiger partial charge < -0.3 is 15.0 Å². The highest BCUT2D eigenvalue weighted by atomic mass is 32.2. The van der Waals surface area contributed by atoms with Crippen LogP contribution in [0.1, 0.15) is 50.5 Å². The summed E-state index contributed by atoms with van der Waals surface area (Å²) in [5, 5.41) is 2.81. The highest BCUT2D eigenvalue weighted by molar-refractivity contribution is 7.89. The van der Waals surface area contributed by atoms with E-state index >= 15 is 0 Å². The average molecular weight is 461 g/mol. The maximum Gasteiger partial charge on any atom is 0.256 e. The fraction of sp³-hybridized carbons (Fsp3) is 0.478. The summed E-state index contributed by atoms with van der Waals surface area (Å²) in [6, 6.07) is 8.19. The van der Waals surface area contributed by atoms with Crippen LogP contribution in [0.2, 0.25) is 0 Å². The summed E-state index contributed by atoms with van der Waals surface area (Å²) in [7, 11) is -3.75. The van der Waals surface area contributed by atoms with Gasteiger partial charge in [0.05, 0.1) is 29.0 Å². The van der Waals surface area contributed by atoms with E-state index < -0.39 is 21.5 Å². The van der Waals surface area contributed by atoms with Crippen LogP contribution in [0.5, 0.6) is 0 Å². The van der Waals surface area contributed by atoms with Crippen molar-refractivity contribution in [1.82, 2.24) is 9.71 Å². The van der Waals surface area contributed by atoms with Crippen molar-refractivity contribution in [1.29, 1.82) is 0 Å². The third-order valence-corrected chi connectivity index (χ3v) is 6.71. The van der Waals surface area contributed by atoms with Crippen molar-refractivity contribution in [2.75, 3.05) is 23.3 Å². The monoisotopic (exact) mass is 460 g/mol. The number of sulfonamides is 1. The standard InChI is InChI=1S/C23H32N4O4S/c1-15-7-9-19(32(29,30)26-23(4,5)6)11-20(15)22(28)25-18-8-10-21(24-12-18)27-13-16(2)31-17(3)14-27/h7-12,16-17,26H,13-14H2,1-6H3,(H,25,28). The zero-order valence-electron chi connectivity index (χ0n) is 19.5. The predicted octanol–water partition coefficient (Wildman–Crippen LogP) is 3.33. The number of anilines is 2. The van der Waals surface area contributed by atoms with Crippen molar-refractivity contribution >= 4 is 27.4 Å². The normalized spacial score (nSPS) is 19.6. The molecule has 0 saturated carbocycles. The largest absolute Gasteiger partial charge is 0.372 e. The molecule has 2 N–H and O–H groups in total. The van der Waals surface area contributed by atoms with Gasteiger partial charge in [0.25, 0.3) is 5.91 Å². The van der Waals surface area contributed by atoms with Crippen LogP contribution in [0.25, 0.3) is 0 Å². The van der Waals surface area contributed by atoms with Crippen LogP contribution < -0.4 is 14.9 Å². The van der Waals surface area contributed by atoms with Crippen LogP contribution in [0.15, 0.2) is 41.4 Å². The van der Waals surface area contributed by atoms with E-state index in [1.165, 1.54) is 12.1 Å². The lowest BCUT2D eigenvalue weighted by Gasteiger charge is -2.36. The average Bonchev–Trinajstić information content (AvgIpc) is 2.66. The summed E-state index contributed by atoms with van der Waals surface area (Å²) in [6.45, 7) is 12.6. The summed E-state index contributed by atoms with van der Waals surface area (Å²) < 4.78 is 33.7. The molecule has 1 saturated heterocycles. The first-order chi connectivity index (χ1) is 14.8. The van der Waals surface area contributed by atoms with Gasteiger partial charge in [-0.2, -0.15) is 0 Å². The van der Waals surface area contributed by atoms with Gasteiger partial charge in [-0.1, -0.05) is 6.07 Å². The number of hydrogen-bond donors (Lipinski definition) is 2. The molecule has 32 heavy (non-hydrogen) atoms. The van der Waals surface area contributed by atoms with E-state index in [0.717, 1.165) is 18.9 Å². The highest BCUT2D eigenvalue weighted by Crippen LogP contribution is 2.22. The molecule has 2 unspecified atom stereocenters. The van der Waals surface area contributed by atoms with Crippen LogP contribution in [-0.2, 0) is 14.8 Å². The Morgan fingerprint density at radius 2 is 1.78 bits per heavy atom. The number of benzene rings is 1. The lowest BCUT2D eigenvalue weighted by molar-refractivity contribution is -0.00545. The molecule has 3 rings (SSSR count). The van der Waals surface area contributed by atoms with Gasteiger partial charge in [0.15, 0.2) is 0 Å². The molecule has 1 fully saturated rings. The van der Waals surface area contributed by atoms with Gasteiger partial charge in [-0.05, 0) is 71.4 Å². The third-order valence-electron chi connectivity index (χ3n) is 4.95. The first-order valence-electron chi connectivity index (χ1n) is 10.7. The molecule has 2 atom stereocenters. The fourth-order valence-corrected chi connectivity index (χ4v) is 5.13. The van der Waals surface area contributed by atoms with E-state index in [0.29, 0.717) is 16.8 Å². The number of ether oxygens (including phenoxy) is 1. The zero-order valence-corrected chi connectivity index (χ0v) is 20.3. The van der Waals surface area contributed by atoms with E-state index in [1.807, 2.05) is 19.9 Å². The quantitative estimate of drug-likeness (QED) is 0.710. The second-order valence-electron chi connectivity index (χ2n) is 9.35. The molecule has 0 spiro atoms. The summed E-state index contributed by atoms with van der Waals surface area (Å²) in [5.74, 6) is 0.431. The number of morpholine rings is 1. The maximum atomic E-state index is 12.9. The molecule has 174 valence electrons. The van der Waals surface area contributed by atoms with E-state index in [1.54, 1.807) is 46.0 Å². The molecule has 0 aliphatic carbocycles. The molecule has 0 bridgehead atoms. The van der Waals surface area contributed by atoms with E-state index in [4.69, 9.17) is 4.74 Å². The molecule has 1 aliphatic rings. The van der Waals surface area contributed by atoms with Crippen LogP contribution >= 0.6 is 0 Å². The topological polar surface area (TPSA) is 101 Å². The molecule has 0 radical (unpaired) electrons. The van der Waals surface area contributed by atoms with Crippen LogP contribution in [0.4, 0.5) is 11.5 Å². The Kier molecular flexibility index (Phi) is 6.92. The minimum Gasteiger partial charge on any atom is -0.372 e. The number of pyridine rings is 1. The Morgan fingerprint density at radius 1 is 1.12 bits per heavy atom. The minimum absolute atomic E-state index is 0.0483. The Labute approximate surface area is 190 Å². The van der Waals surface area contributed by atoms with Crippen molar-refractivity contribution in [3.8, 4) is 0 Å². The Morgan fingerprint density at radius 3 is 2.34 bits per heavy atom. The Hall–Kier alpha value is -2.49.